The SMILES string of the molecule is O=C(C[C@@H]1SC(=S)NC1=O)Nc1cccc(C(F)(F)F)c1. The Labute approximate surface area is 127 Å². The maximum atomic E-state index is 12.5. The highest BCUT2D eigenvalue weighted by Crippen LogP contribution is 2.30. The molecule has 2 rings (SSSR count). The summed E-state index contributed by atoms with van der Waals surface area (Å²) in [6, 6.07) is 4.29. The third kappa shape index (κ3) is 4.18. The van der Waals surface area contributed by atoms with E-state index in [4.69, 9.17) is 12.2 Å². The molecule has 9 heteroatoms. The first-order valence-electron chi connectivity index (χ1n) is 5.74. The number of rotatable bonds is 3. The minimum atomic E-state index is -4.48. The molecule has 1 atom stereocenters. The number of benzene rings is 1. The second kappa shape index (κ2) is 6.02. The van der Waals surface area contributed by atoms with E-state index in [0.29, 0.717) is 0 Å². The molecule has 2 N–H and O–H groups in total. The van der Waals surface area contributed by atoms with Gasteiger partial charge in [0.05, 0.1) is 10.8 Å². The highest BCUT2D eigenvalue weighted by Gasteiger charge is 2.32. The fraction of sp³-hybridized carbons (Fsp3) is 0.250. The minimum Gasteiger partial charge on any atom is -0.326 e. The van der Waals surface area contributed by atoms with Crippen molar-refractivity contribution in [3.63, 3.8) is 0 Å². The van der Waals surface area contributed by atoms with Gasteiger partial charge in [-0.1, -0.05) is 30.0 Å². The molecule has 1 fully saturated rings. The molecule has 1 heterocycles. The Bertz CT molecular complexity index is 604. The third-order valence-electron chi connectivity index (χ3n) is 2.61. The molecule has 112 valence electrons. The normalized spacial score (nSPS) is 18.5. The maximum absolute atomic E-state index is 12.5. The van der Waals surface area contributed by atoms with Crippen molar-refractivity contribution in [2.45, 2.75) is 17.8 Å². The van der Waals surface area contributed by atoms with Gasteiger partial charge in [-0.05, 0) is 18.2 Å². The highest BCUT2D eigenvalue weighted by atomic mass is 32.2. The number of nitrogens with one attached hydrogen (secondary N) is 2. The number of thioether (sulfide) groups is 1. The summed E-state index contributed by atoms with van der Waals surface area (Å²) >= 11 is 5.84. The summed E-state index contributed by atoms with van der Waals surface area (Å²) in [6.45, 7) is 0. The molecule has 0 unspecified atom stereocenters. The van der Waals surface area contributed by atoms with Crippen molar-refractivity contribution in [3.05, 3.63) is 29.8 Å². The smallest absolute Gasteiger partial charge is 0.326 e. The van der Waals surface area contributed by atoms with E-state index in [1.807, 2.05) is 0 Å². The zero-order valence-electron chi connectivity index (χ0n) is 10.4. The van der Waals surface area contributed by atoms with E-state index < -0.39 is 22.9 Å². The third-order valence-corrected chi connectivity index (χ3v) is 3.98. The van der Waals surface area contributed by atoms with Gasteiger partial charge in [0.1, 0.15) is 4.32 Å². The maximum Gasteiger partial charge on any atom is 0.416 e. The lowest BCUT2D eigenvalue weighted by molar-refractivity contribution is -0.137. The molecule has 1 saturated heterocycles. The fourth-order valence-electron chi connectivity index (χ4n) is 1.68. The molecule has 1 aliphatic rings. The monoisotopic (exact) mass is 334 g/mol. The molecule has 0 aliphatic carbocycles. The van der Waals surface area contributed by atoms with E-state index in [0.717, 1.165) is 23.9 Å². The van der Waals surface area contributed by atoms with Crippen molar-refractivity contribution in [1.29, 1.82) is 0 Å². The largest absolute Gasteiger partial charge is 0.416 e. The molecule has 4 nitrogen and oxygen atoms in total. The van der Waals surface area contributed by atoms with E-state index >= 15 is 0 Å². The standard InChI is InChI=1S/C12H9F3N2O2S2/c13-12(14,15)6-2-1-3-7(4-6)16-9(18)5-8-10(19)17-11(20)21-8/h1-4,8H,5H2,(H,16,18)(H,17,19,20)/t8-/m0/s1. The van der Waals surface area contributed by atoms with Crippen molar-refractivity contribution in [3.8, 4) is 0 Å². The average Bonchev–Trinajstić information content (AvgIpc) is 2.67. The summed E-state index contributed by atoms with van der Waals surface area (Å²) in [4.78, 5) is 23.2. The quantitative estimate of drug-likeness (QED) is 0.834. The first-order chi connectivity index (χ1) is 9.75. The highest BCUT2D eigenvalue weighted by molar-refractivity contribution is 8.24. The Morgan fingerprint density at radius 2 is 2.14 bits per heavy atom. The Balaban J connectivity index is 2.00. The lowest BCUT2D eigenvalue weighted by atomic mass is 10.2. The minimum absolute atomic E-state index is 0.0285. The predicted molar refractivity (Wildman–Crippen MR) is 76.8 cm³/mol. The van der Waals surface area contributed by atoms with E-state index in [1.165, 1.54) is 12.1 Å². The van der Waals surface area contributed by atoms with Crippen molar-refractivity contribution in [1.82, 2.24) is 5.32 Å². The molecule has 1 aromatic rings. The number of halogens is 3. The van der Waals surface area contributed by atoms with Crippen LogP contribution < -0.4 is 10.6 Å². The Kier molecular flexibility index (Phi) is 4.52. The topological polar surface area (TPSA) is 58.2 Å². The molecule has 1 aliphatic heterocycles. The van der Waals surface area contributed by atoms with Crippen molar-refractivity contribution < 1.29 is 22.8 Å². The van der Waals surface area contributed by atoms with Gasteiger partial charge in [-0.2, -0.15) is 13.2 Å². The summed E-state index contributed by atoms with van der Waals surface area (Å²) in [5.41, 5.74) is -0.824. The van der Waals surface area contributed by atoms with Gasteiger partial charge in [-0.15, -0.1) is 0 Å². The average molecular weight is 334 g/mol. The molecule has 0 radical (unpaired) electrons. The van der Waals surface area contributed by atoms with Gasteiger partial charge in [0.2, 0.25) is 11.8 Å². The second-order valence-electron chi connectivity index (χ2n) is 4.21. The zero-order valence-corrected chi connectivity index (χ0v) is 12.0. The number of hydrogen-bond donors (Lipinski definition) is 2. The number of thiocarbonyl (C=S) groups is 1. The van der Waals surface area contributed by atoms with Crippen LogP contribution in [0.15, 0.2) is 24.3 Å². The van der Waals surface area contributed by atoms with Crippen LogP contribution in [0, 0.1) is 0 Å². The molecule has 0 bridgehead atoms. The van der Waals surface area contributed by atoms with Crippen LogP contribution >= 0.6 is 24.0 Å². The summed E-state index contributed by atoms with van der Waals surface area (Å²) in [5.74, 6) is -0.920. The van der Waals surface area contributed by atoms with E-state index in [9.17, 15) is 22.8 Å². The number of hydrogen-bond acceptors (Lipinski definition) is 4. The number of carbonyl (C=O) groups is 2. The van der Waals surface area contributed by atoms with E-state index in [-0.39, 0.29) is 22.3 Å². The van der Waals surface area contributed by atoms with Crippen LogP contribution in [0.25, 0.3) is 0 Å². The van der Waals surface area contributed by atoms with Gasteiger partial charge in [0.15, 0.2) is 0 Å². The van der Waals surface area contributed by atoms with Gasteiger partial charge in [-0.25, -0.2) is 0 Å². The molecule has 1 aromatic carbocycles. The van der Waals surface area contributed by atoms with Crippen LogP contribution in [-0.4, -0.2) is 21.4 Å². The van der Waals surface area contributed by atoms with E-state index in [1.54, 1.807) is 0 Å². The van der Waals surface area contributed by atoms with Crippen LogP contribution in [0.2, 0.25) is 0 Å². The van der Waals surface area contributed by atoms with Gasteiger partial charge in [0.25, 0.3) is 0 Å². The predicted octanol–water partition coefficient (Wildman–Crippen LogP) is 2.55. The number of carbonyl (C=O) groups excluding carboxylic acids is 2. The van der Waals surface area contributed by atoms with Crippen molar-refractivity contribution in [2.75, 3.05) is 5.32 Å². The van der Waals surface area contributed by atoms with Gasteiger partial charge in [-0.3, -0.25) is 9.59 Å². The molecule has 0 spiro atoms. The number of alkyl halides is 3. The number of anilines is 1. The Morgan fingerprint density at radius 1 is 1.43 bits per heavy atom. The lowest BCUT2D eigenvalue weighted by Crippen LogP contribution is -2.27. The summed E-state index contributed by atoms with van der Waals surface area (Å²) < 4.78 is 37.9. The van der Waals surface area contributed by atoms with Crippen LogP contribution in [0.1, 0.15) is 12.0 Å². The van der Waals surface area contributed by atoms with Crippen molar-refractivity contribution in [2.24, 2.45) is 0 Å². The Hall–Kier alpha value is -1.61. The first-order valence-corrected chi connectivity index (χ1v) is 7.03. The summed E-state index contributed by atoms with van der Waals surface area (Å²) in [5, 5.41) is 4.08. The first kappa shape index (κ1) is 15.8. The number of amides is 2. The van der Waals surface area contributed by atoms with Crippen LogP contribution in [0.4, 0.5) is 18.9 Å². The molecule has 0 saturated carbocycles. The van der Waals surface area contributed by atoms with Gasteiger partial charge >= 0.3 is 6.18 Å². The second-order valence-corrected chi connectivity index (χ2v) is 6.09. The van der Waals surface area contributed by atoms with Crippen LogP contribution in [0.5, 0.6) is 0 Å². The molecule has 0 aromatic heterocycles. The fourth-order valence-corrected chi connectivity index (χ4v) is 2.95. The molecular formula is C12H9F3N2O2S2. The zero-order chi connectivity index (χ0) is 15.6. The van der Waals surface area contributed by atoms with Gasteiger partial charge < -0.3 is 10.6 Å². The molecular weight excluding hydrogens is 325 g/mol. The summed E-state index contributed by atoms with van der Waals surface area (Å²) in [6.07, 6.45) is -4.64. The van der Waals surface area contributed by atoms with Gasteiger partial charge in [0, 0.05) is 12.1 Å². The van der Waals surface area contributed by atoms with Crippen molar-refractivity contribution >= 4 is 45.8 Å². The van der Waals surface area contributed by atoms with Crippen LogP contribution in [-0.2, 0) is 15.8 Å². The Morgan fingerprint density at radius 3 is 2.71 bits per heavy atom. The van der Waals surface area contributed by atoms with E-state index in [2.05, 4.69) is 10.6 Å². The lowest BCUT2D eigenvalue weighted by Gasteiger charge is -2.10. The molecule has 21 heavy (non-hydrogen) atoms. The van der Waals surface area contributed by atoms with Crippen LogP contribution in [0.3, 0.4) is 0 Å². The summed E-state index contributed by atoms with van der Waals surface area (Å²) in [7, 11) is 0. The molecule has 2 amide bonds.